The predicted octanol–water partition coefficient (Wildman–Crippen LogP) is 2.97. The van der Waals surface area contributed by atoms with Crippen molar-refractivity contribution >= 4 is 5.82 Å². The highest BCUT2D eigenvalue weighted by Gasteiger charge is 2.37. The number of nitrogens with zero attached hydrogens (tertiary/aromatic N) is 5. The summed E-state index contributed by atoms with van der Waals surface area (Å²) < 4.78 is 40.5. The monoisotopic (exact) mass is 371 g/mol. The van der Waals surface area contributed by atoms with E-state index in [9.17, 15) is 18.4 Å². The number of nitrogen functional groups attached to an aromatic ring is 1. The minimum atomic E-state index is -4.66. The third kappa shape index (κ3) is 3.09. The number of hydrogen-bond donors (Lipinski definition) is 2. The molecule has 0 amide bonds. The molecule has 3 aromatic rings. The number of anilines is 1. The lowest BCUT2D eigenvalue weighted by Crippen LogP contribution is -2.13. The first-order valence-electron chi connectivity index (χ1n) is 7.64. The highest BCUT2D eigenvalue weighted by atomic mass is 19.4. The van der Waals surface area contributed by atoms with E-state index in [1.165, 1.54) is 4.57 Å². The molecule has 0 atom stereocenters. The van der Waals surface area contributed by atoms with Gasteiger partial charge in [0.1, 0.15) is 23.1 Å². The molecule has 2 heterocycles. The number of aromatic nitrogens is 4. The van der Waals surface area contributed by atoms with Gasteiger partial charge in [-0.25, -0.2) is 0 Å². The fourth-order valence-corrected chi connectivity index (χ4v) is 2.88. The van der Waals surface area contributed by atoms with Crippen molar-refractivity contribution in [2.24, 2.45) is 0 Å². The standard InChI is InChI=1S/C17H12F3N7/c1-9-14(11-4-2-10(6-21)3-5-11)12(7-22)16(23)27(9)8-13-15(17(18,19)20)25-26-24-13/h2-5H,8,23H2,1H3,(H,24,25,26). The summed E-state index contributed by atoms with van der Waals surface area (Å²) in [4.78, 5) is 0. The first-order chi connectivity index (χ1) is 12.8. The molecular weight excluding hydrogens is 359 g/mol. The number of H-pyrrole nitrogens is 1. The van der Waals surface area contributed by atoms with Gasteiger partial charge in [-0.3, -0.25) is 0 Å². The van der Waals surface area contributed by atoms with Gasteiger partial charge < -0.3 is 10.3 Å². The van der Waals surface area contributed by atoms with Gasteiger partial charge in [0, 0.05) is 11.3 Å². The van der Waals surface area contributed by atoms with E-state index in [-0.39, 0.29) is 23.6 Å². The van der Waals surface area contributed by atoms with E-state index in [0.717, 1.165) is 0 Å². The van der Waals surface area contributed by atoms with E-state index < -0.39 is 11.9 Å². The number of halogens is 3. The van der Waals surface area contributed by atoms with Gasteiger partial charge in [0.2, 0.25) is 0 Å². The van der Waals surface area contributed by atoms with Crippen molar-refractivity contribution in [1.82, 2.24) is 20.0 Å². The maximum Gasteiger partial charge on any atom is 0.437 e. The van der Waals surface area contributed by atoms with E-state index in [2.05, 4.69) is 10.2 Å². The van der Waals surface area contributed by atoms with Crippen LogP contribution in [0.4, 0.5) is 19.0 Å². The number of rotatable bonds is 3. The number of benzene rings is 1. The third-order valence-corrected chi connectivity index (χ3v) is 4.17. The van der Waals surface area contributed by atoms with Crippen molar-refractivity contribution in [3.05, 3.63) is 52.5 Å². The molecule has 27 heavy (non-hydrogen) atoms. The number of nitrogens with one attached hydrogen (secondary N) is 1. The summed E-state index contributed by atoms with van der Waals surface area (Å²) in [6, 6.07) is 10.5. The average Bonchev–Trinajstić information content (AvgIpc) is 3.20. The van der Waals surface area contributed by atoms with Crippen LogP contribution < -0.4 is 5.73 Å². The van der Waals surface area contributed by atoms with Crippen molar-refractivity contribution in [2.75, 3.05) is 5.73 Å². The second kappa shape index (κ2) is 6.50. The van der Waals surface area contributed by atoms with Crippen molar-refractivity contribution in [2.45, 2.75) is 19.6 Å². The summed E-state index contributed by atoms with van der Waals surface area (Å²) in [6.45, 7) is 1.35. The Morgan fingerprint density at radius 3 is 2.37 bits per heavy atom. The first-order valence-corrected chi connectivity index (χ1v) is 7.64. The van der Waals surface area contributed by atoms with Crippen LogP contribution in [0.25, 0.3) is 11.1 Å². The van der Waals surface area contributed by atoms with Gasteiger partial charge in [-0.15, -0.1) is 0 Å². The van der Waals surface area contributed by atoms with Crippen LogP contribution >= 0.6 is 0 Å². The van der Waals surface area contributed by atoms with Crippen molar-refractivity contribution in [3.8, 4) is 23.3 Å². The molecule has 0 fully saturated rings. The number of nitriles is 2. The topological polar surface area (TPSA) is 120 Å². The van der Waals surface area contributed by atoms with Crippen LogP contribution in [0, 0.1) is 29.6 Å². The minimum absolute atomic E-state index is 0.0329. The summed E-state index contributed by atoms with van der Waals surface area (Å²) in [7, 11) is 0. The van der Waals surface area contributed by atoms with Gasteiger partial charge in [-0.1, -0.05) is 12.1 Å². The van der Waals surface area contributed by atoms with Gasteiger partial charge in [0.25, 0.3) is 0 Å². The molecule has 2 aromatic heterocycles. The molecule has 0 radical (unpaired) electrons. The van der Waals surface area contributed by atoms with Crippen LogP contribution in [0.15, 0.2) is 24.3 Å². The number of nitrogens with two attached hydrogens (primary N) is 1. The molecular formula is C17H12F3N7. The summed E-state index contributed by atoms with van der Waals surface area (Å²) in [6.07, 6.45) is -4.66. The maximum absolute atomic E-state index is 13.0. The van der Waals surface area contributed by atoms with E-state index in [4.69, 9.17) is 11.0 Å². The molecule has 0 saturated heterocycles. The zero-order valence-electron chi connectivity index (χ0n) is 14.0. The summed E-state index contributed by atoms with van der Waals surface area (Å²) in [5, 5.41) is 27.1. The van der Waals surface area contributed by atoms with Crippen LogP contribution in [0.1, 0.15) is 28.2 Å². The normalized spacial score (nSPS) is 11.2. The molecule has 3 rings (SSSR count). The summed E-state index contributed by atoms with van der Waals surface area (Å²) in [5.74, 6) is 0.0329. The van der Waals surface area contributed by atoms with Gasteiger partial charge in [0.15, 0.2) is 5.69 Å². The molecule has 0 saturated carbocycles. The number of aromatic amines is 1. The quantitative estimate of drug-likeness (QED) is 0.733. The Balaban J connectivity index is 2.11. The van der Waals surface area contributed by atoms with Crippen molar-refractivity contribution in [1.29, 1.82) is 10.5 Å². The SMILES string of the molecule is Cc1c(-c2ccc(C#N)cc2)c(C#N)c(N)n1Cc1n[nH]nc1C(F)(F)F. The highest BCUT2D eigenvalue weighted by Crippen LogP contribution is 2.35. The molecule has 136 valence electrons. The summed E-state index contributed by atoms with van der Waals surface area (Å²) in [5.41, 5.74) is 6.79. The fourth-order valence-electron chi connectivity index (χ4n) is 2.88. The minimum Gasteiger partial charge on any atom is -0.384 e. The molecule has 0 unspecified atom stereocenters. The molecule has 10 heteroatoms. The van der Waals surface area contributed by atoms with E-state index in [1.807, 2.05) is 17.4 Å². The smallest absolute Gasteiger partial charge is 0.384 e. The van der Waals surface area contributed by atoms with Crippen molar-refractivity contribution < 1.29 is 13.2 Å². The van der Waals surface area contributed by atoms with Gasteiger partial charge in [0.05, 0.1) is 18.2 Å². The van der Waals surface area contributed by atoms with Crippen LogP contribution in [0.3, 0.4) is 0 Å². The molecule has 1 aromatic carbocycles. The molecule has 7 nitrogen and oxygen atoms in total. The largest absolute Gasteiger partial charge is 0.437 e. The molecule has 0 aliphatic carbocycles. The Hall–Kier alpha value is -3.79. The van der Waals surface area contributed by atoms with Crippen LogP contribution in [0.5, 0.6) is 0 Å². The van der Waals surface area contributed by atoms with E-state index >= 15 is 0 Å². The van der Waals surface area contributed by atoms with Crippen LogP contribution in [-0.4, -0.2) is 20.0 Å². The molecule has 0 spiro atoms. The Morgan fingerprint density at radius 1 is 1.15 bits per heavy atom. The fraction of sp³-hybridized carbons (Fsp3) is 0.176. The van der Waals surface area contributed by atoms with Crippen molar-refractivity contribution in [3.63, 3.8) is 0 Å². The highest BCUT2D eigenvalue weighted by molar-refractivity contribution is 5.79. The average molecular weight is 371 g/mol. The lowest BCUT2D eigenvalue weighted by Gasteiger charge is -2.10. The van der Waals surface area contributed by atoms with E-state index in [1.54, 1.807) is 31.2 Å². The molecule has 0 aliphatic rings. The molecule has 0 aliphatic heterocycles. The molecule has 0 bridgehead atoms. The summed E-state index contributed by atoms with van der Waals surface area (Å²) >= 11 is 0. The van der Waals surface area contributed by atoms with Crippen LogP contribution in [0.2, 0.25) is 0 Å². The van der Waals surface area contributed by atoms with Gasteiger partial charge >= 0.3 is 6.18 Å². The second-order valence-corrected chi connectivity index (χ2v) is 5.72. The lowest BCUT2D eigenvalue weighted by atomic mass is 10.0. The maximum atomic E-state index is 13.0. The van der Waals surface area contributed by atoms with Crippen LogP contribution in [-0.2, 0) is 12.7 Å². The Labute approximate surface area is 151 Å². The number of alkyl halides is 3. The Morgan fingerprint density at radius 2 is 1.81 bits per heavy atom. The predicted molar refractivity (Wildman–Crippen MR) is 88.9 cm³/mol. The second-order valence-electron chi connectivity index (χ2n) is 5.72. The zero-order valence-corrected chi connectivity index (χ0v) is 14.0. The first kappa shape index (κ1) is 18.0. The van der Waals surface area contributed by atoms with Gasteiger partial charge in [-0.2, -0.15) is 39.1 Å². The Kier molecular flexibility index (Phi) is 4.34. The number of hydrogen-bond acceptors (Lipinski definition) is 5. The third-order valence-electron chi connectivity index (χ3n) is 4.17. The van der Waals surface area contributed by atoms with Gasteiger partial charge in [-0.05, 0) is 24.6 Å². The van der Waals surface area contributed by atoms with E-state index in [0.29, 0.717) is 22.4 Å². The zero-order chi connectivity index (χ0) is 19.8. The lowest BCUT2D eigenvalue weighted by molar-refractivity contribution is -0.141. The Bertz CT molecular complexity index is 1080. The molecule has 3 N–H and O–H groups in total.